The number of allylic oxidation sites excluding steroid dienone is 4. The molecule has 0 unspecified atom stereocenters. The molecule has 2 rings (SSSR count). The van der Waals surface area contributed by atoms with Gasteiger partial charge in [0.2, 0.25) is 5.91 Å². The number of hydrogen-bond acceptors (Lipinski definition) is 2. The molecule has 2 aromatic rings. The monoisotopic (exact) mass is 320 g/mol. The van der Waals surface area contributed by atoms with Crippen molar-refractivity contribution in [2.75, 3.05) is 0 Å². The van der Waals surface area contributed by atoms with E-state index >= 15 is 0 Å². The van der Waals surface area contributed by atoms with E-state index in [1.807, 2.05) is 56.4 Å². The minimum absolute atomic E-state index is 0.0758. The van der Waals surface area contributed by atoms with Crippen LogP contribution < -0.4 is 0 Å². The summed E-state index contributed by atoms with van der Waals surface area (Å²) in [6, 6.07) is 5.68. The fraction of sp³-hybridized carbons (Fsp3) is 0.200. The number of carbonyl (C=O) groups is 1. The van der Waals surface area contributed by atoms with E-state index in [0.717, 1.165) is 15.4 Å². The lowest BCUT2D eigenvalue weighted by Gasteiger charge is -1.96. The lowest BCUT2D eigenvalue weighted by molar-refractivity contribution is 0.0927. The van der Waals surface area contributed by atoms with Crippen molar-refractivity contribution < 1.29 is 4.79 Å². The number of rotatable bonds is 1. The fourth-order valence-electron chi connectivity index (χ4n) is 1.49. The smallest absolute Gasteiger partial charge is 0.244 e. The molecule has 0 fully saturated rings. The van der Waals surface area contributed by atoms with Crippen molar-refractivity contribution >= 4 is 32.7 Å². The molecule has 0 aliphatic carbocycles. The first-order valence-corrected chi connectivity index (χ1v) is 6.78. The summed E-state index contributed by atoms with van der Waals surface area (Å²) in [5.74, 6) is -0.0758. The molecule has 0 amide bonds. The van der Waals surface area contributed by atoms with Crippen molar-refractivity contribution in [3.63, 3.8) is 0 Å². The van der Waals surface area contributed by atoms with Crippen molar-refractivity contribution in [2.24, 2.45) is 0 Å². The molecular weight excluding hydrogens is 304 g/mol. The quantitative estimate of drug-likeness (QED) is 0.720. The Labute approximate surface area is 121 Å². The van der Waals surface area contributed by atoms with Gasteiger partial charge in [0.1, 0.15) is 0 Å². The minimum atomic E-state index is -0.0758. The van der Waals surface area contributed by atoms with Gasteiger partial charge in [-0.25, -0.2) is 4.68 Å². The third-order valence-corrected chi connectivity index (χ3v) is 3.05. The molecule has 0 saturated carbocycles. The summed E-state index contributed by atoms with van der Waals surface area (Å²) in [6.07, 6.45) is 9.68. The Kier molecular flexibility index (Phi) is 6.22. The van der Waals surface area contributed by atoms with E-state index in [1.54, 1.807) is 6.20 Å². The van der Waals surface area contributed by atoms with Crippen molar-refractivity contribution in [1.82, 2.24) is 9.78 Å². The molecule has 0 aliphatic rings. The molecule has 0 spiro atoms. The van der Waals surface area contributed by atoms with E-state index < -0.39 is 0 Å². The highest BCUT2D eigenvalue weighted by Gasteiger charge is 2.07. The topological polar surface area (TPSA) is 34.9 Å². The van der Waals surface area contributed by atoms with E-state index in [1.165, 1.54) is 11.6 Å². The number of carbonyl (C=O) groups excluding carboxylic acids is 1. The largest absolute Gasteiger partial charge is 0.273 e. The van der Waals surface area contributed by atoms with Gasteiger partial charge in [-0.1, -0.05) is 46.3 Å². The average Bonchev–Trinajstić information content (AvgIpc) is 2.82. The van der Waals surface area contributed by atoms with Crippen LogP contribution in [0.5, 0.6) is 0 Å². The Morgan fingerprint density at radius 3 is 2.42 bits per heavy atom. The standard InChI is InChI=1S/C9H7BrN2O.C6H10/c1-6(13)12-9-4-2-3-8(10)7(9)5-11-12;1-3-5-6-4-2/h2-5H,1H3;3-6H,1-2H3/b;5-3-,6-4-. The van der Waals surface area contributed by atoms with Gasteiger partial charge in [0.15, 0.2) is 0 Å². The van der Waals surface area contributed by atoms with Crippen LogP contribution in [0.25, 0.3) is 10.9 Å². The third kappa shape index (κ3) is 4.17. The van der Waals surface area contributed by atoms with Gasteiger partial charge >= 0.3 is 0 Å². The highest BCUT2D eigenvalue weighted by molar-refractivity contribution is 9.10. The van der Waals surface area contributed by atoms with Crippen molar-refractivity contribution in [3.05, 3.63) is 53.2 Å². The van der Waals surface area contributed by atoms with Crippen LogP contribution >= 0.6 is 15.9 Å². The van der Waals surface area contributed by atoms with Crippen LogP contribution in [0, 0.1) is 0 Å². The van der Waals surface area contributed by atoms with Crippen molar-refractivity contribution in [2.45, 2.75) is 20.8 Å². The molecule has 0 aliphatic heterocycles. The predicted octanol–water partition coefficient (Wildman–Crippen LogP) is 4.60. The Morgan fingerprint density at radius 1 is 1.26 bits per heavy atom. The maximum Gasteiger partial charge on any atom is 0.244 e. The zero-order valence-electron chi connectivity index (χ0n) is 11.3. The molecule has 0 saturated heterocycles. The second-order valence-corrected chi connectivity index (χ2v) is 4.65. The molecule has 4 heteroatoms. The number of benzene rings is 1. The van der Waals surface area contributed by atoms with Crippen LogP contribution in [-0.2, 0) is 0 Å². The van der Waals surface area contributed by atoms with Crippen molar-refractivity contribution in [1.29, 1.82) is 0 Å². The minimum Gasteiger partial charge on any atom is -0.273 e. The van der Waals surface area contributed by atoms with Gasteiger partial charge in [-0.3, -0.25) is 4.79 Å². The summed E-state index contributed by atoms with van der Waals surface area (Å²) >= 11 is 3.39. The first-order valence-electron chi connectivity index (χ1n) is 5.99. The van der Waals surface area contributed by atoms with Crippen LogP contribution in [0.15, 0.2) is 53.2 Å². The first kappa shape index (κ1) is 15.4. The summed E-state index contributed by atoms with van der Waals surface area (Å²) in [5, 5.41) is 4.95. The predicted molar refractivity (Wildman–Crippen MR) is 83.4 cm³/mol. The number of halogens is 1. The Morgan fingerprint density at radius 2 is 1.89 bits per heavy atom. The SMILES string of the molecule is C/C=C\C=C/C.CC(=O)n1ncc2c(Br)cccc21. The van der Waals surface area contributed by atoms with Gasteiger partial charge in [0.25, 0.3) is 0 Å². The molecule has 0 atom stereocenters. The lowest BCUT2D eigenvalue weighted by atomic mass is 10.2. The molecule has 0 radical (unpaired) electrons. The van der Waals surface area contributed by atoms with Crippen molar-refractivity contribution in [3.8, 4) is 0 Å². The molecular formula is C15H17BrN2O. The first-order chi connectivity index (χ1) is 9.11. The van der Waals surface area contributed by atoms with Crippen LogP contribution in [0.2, 0.25) is 0 Å². The summed E-state index contributed by atoms with van der Waals surface area (Å²) < 4.78 is 2.35. The second-order valence-electron chi connectivity index (χ2n) is 3.80. The molecule has 1 aromatic heterocycles. The normalized spacial score (nSPS) is 10.9. The second kappa shape index (κ2) is 7.69. The number of aromatic nitrogens is 2. The van der Waals surface area contributed by atoms with Crippen LogP contribution in [0.1, 0.15) is 25.6 Å². The zero-order valence-corrected chi connectivity index (χ0v) is 12.9. The molecule has 0 N–H and O–H groups in total. The van der Waals surface area contributed by atoms with Gasteiger partial charge < -0.3 is 0 Å². The van der Waals surface area contributed by atoms with Crippen LogP contribution in [0.3, 0.4) is 0 Å². The summed E-state index contributed by atoms with van der Waals surface area (Å²) in [4.78, 5) is 11.1. The molecule has 1 heterocycles. The third-order valence-electron chi connectivity index (χ3n) is 2.35. The number of hydrogen-bond donors (Lipinski definition) is 0. The van der Waals surface area contributed by atoms with E-state index in [9.17, 15) is 4.79 Å². The average molecular weight is 321 g/mol. The lowest BCUT2D eigenvalue weighted by Crippen LogP contribution is -2.06. The van der Waals surface area contributed by atoms with Gasteiger partial charge in [-0.15, -0.1) is 0 Å². The van der Waals surface area contributed by atoms with Crippen LogP contribution in [-0.4, -0.2) is 15.7 Å². The maximum atomic E-state index is 11.1. The fourth-order valence-corrected chi connectivity index (χ4v) is 1.95. The summed E-state index contributed by atoms with van der Waals surface area (Å²) in [7, 11) is 0. The van der Waals surface area contributed by atoms with Crippen LogP contribution in [0.4, 0.5) is 0 Å². The van der Waals surface area contributed by atoms with E-state index in [4.69, 9.17) is 0 Å². The van der Waals surface area contributed by atoms with Gasteiger partial charge in [-0.05, 0) is 26.0 Å². The molecule has 100 valence electrons. The van der Waals surface area contributed by atoms with Gasteiger partial charge in [-0.2, -0.15) is 5.10 Å². The Balaban J connectivity index is 0.000000258. The molecule has 19 heavy (non-hydrogen) atoms. The number of nitrogens with zero attached hydrogens (tertiary/aromatic N) is 2. The highest BCUT2D eigenvalue weighted by atomic mass is 79.9. The summed E-state index contributed by atoms with van der Waals surface area (Å²) in [6.45, 7) is 5.49. The maximum absolute atomic E-state index is 11.1. The highest BCUT2D eigenvalue weighted by Crippen LogP contribution is 2.22. The van der Waals surface area contributed by atoms with E-state index in [-0.39, 0.29) is 5.91 Å². The van der Waals surface area contributed by atoms with Gasteiger partial charge in [0, 0.05) is 16.8 Å². The van der Waals surface area contributed by atoms with Gasteiger partial charge in [0.05, 0.1) is 11.7 Å². The molecule has 1 aromatic carbocycles. The Hall–Kier alpha value is -1.68. The van der Waals surface area contributed by atoms with E-state index in [2.05, 4.69) is 21.0 Å². The Bertz CT molecular complexity index is 602. The molecule has 0 bridgehead atoms. The summed E-state index contributed by atoms with van der Waals surface area (Å²) in [5.41, 5.74) is 0.835. The molecule has 3 nitrogen and oxygen atoms in total. The van der Waals surface area contributed by atoms with E-state index in [0.29, 0.717) is 0 Å². The zero-order chi connectivity index (χ0) is 14.3. The number of fused-ring (bicyclic) bond motifs is 1.